The van der Waals surface area contributed by atoms with Gasteiger partial charge in [-0.15, -0.1) is 11.8 Å². The third-order valence-corrected chi connectivity index (χ3v) is 6.86. The van der Waals surface area contributed by atoms with E-state index in [9.17, 15) is 9.90 Å². The number of carbonyl (C=O) groups is 1. The Kier molecular flexibility index (Phi) is 8.18. The van der Waals surface area contributed by atoms with Gasteiger partial charge in [-0.1, -0.05) is 25.0 Å². The summed E-state index contributed by atoms with van der Waals surface area (Å²) in [4.78, 5) is 16.1. The van der Waals surface area contributed by atoms with Crippen LogP contribution in [0.3, 0.4) is 0 Å². The van der Waals surface area contributed by atoms with E-state index in [-0.39, 0.29) is 6.54 Å². The predicted octanol–water partition coefficient (Wildman–Crippen LogP) is 3.23. The Balaban J connectivity index is 1.51. The van der Waals surface area contributed by atoms with Gasteiger partial charge in [-0.05, 0) is 37.5 Å². The molecule has 0 bridgehead atoms. The van der Waals surface area contributed by atoms with E-state index >= 15 is 0 Å². The highest BCUT2D eigenvalue weighted by atomic mass is 32.2. The molecule has 1 fully saturated rings. The lowest BCUT2D eigenvalue weighted by Crippen LogP contribution is -2.43. The number of hydrogen-bond acceptors (Lipinski definition) is 7. The molecule has 5 N–H and O–H groups in total. The minimum atomic E-state index is -0.940. The summed E-state index contributed by atoms with van der Waals surface area (Å²) >= 11 is 1.28. The molecule has 1 aromatic carbocycles. The highest BCUT2D eigenvalue weighted by Gasteiger charge is 2.25. The number of aliphatic carboxylic acids is 1. The van der Waals surface area contributed by atoms with Crippen LogP contribution in [0.25, 0.3) is 0 Å². The topological polar surface area (TPSA) is 125 Å². The van der Waals surface area contributed by atoms with Gasteiger partial charge in [0.05, 0.1) is 12.3 Å². The summed E-state index contributed by atoms with van der Waals surface area (Å²) in [5, 5.41) is 8.60. The molecule has 1 heterocycles. The number of carboxylic acid groups (broad SMARTS) is 1. The van der Waals surface area contributed by atoms with Gasteiger partial charge < -0.3 is 25.7 Å². The lowest BCUT2D eigenvalue weighted by atomic mass is 10.1. The summed E-state index contributed by atoms with van der Waals surface area (Å²) in [6, 6.07) is 7.10. The average Bonchev–Trinajstić information content (AvgIpc) is 3.38. The Morgan fingerprint density at radius 1 is 1.40 bits per heavy atom. The van der Waals surface area contributed by atoms with Gasteiger partial charge in [0.25, 0.3) is 0 Å². The van der Waals surface area contributed by atoms with E-state index in [1.165, 1.54) is 37.4 Å². The van der Waals surface area contributed by atoms with Crippen molar-refractivity contribution in [1.82, 2.24) is 4.98 Å². The first kappa shape index (κ1) is 22.7. The zero-order valence-corrected chi connectivity index (χ0v) is 18.2. The molecule has 2 unspecified atom stereocenters. The number of oxazole rings is 1. The molecule has 30 heavy (non-hydrogen) atoms. The summed E-state index contributed by atoms with van der Waals surface area (Å²) < 4.78 is 11.8. The molecule has 164 valence electrons. The number of rotatable bonds is 11. The second-order valence-corrected chi connectivity index (χ2v) is 8.88. The van der Waals surface area contributed by atoms with E-state index in [0.29, 0.717) is 24.7 Å². The standard InChI is InChI=1S/C22H31N3O4S/c1-14-19(25-21(29-14)16-6-2-3-7-16)9-10-28-17-8-4-5-15(11-17)13-30-20(22(26)27)18(24)12-23/h4-5,8,11,16,18,20H,2-3,6-7,9-10,12-13,23-24H2,1H3,(H,26,27). The minimum Gasteiger partial charge on any atom is -0.493 e. The Morgan fingerprint density at radius 2 is 2.17 bits per heavy atom. The molecular weight excluding hydrogens is 402 g/mol. The largest absolute Gasteiger partial charge is 0.493 e. The van der Waals surface area contributed by atoms with Crippen LogP contribution in [0, 0.1) is 6.92 Å². The average molecular weight is 434 g/mol. The first-order valence-corrected chi connectivity index (χ1v) is 11.5. The Hall–Kier alpha value is -2.03. The SMILES string of the molecule is Cc1oc(C2CCCC2)nc1CCOc1cccc(CSC(C(=O)O)C(N)CN)c1. The van der Waals surface area contributed by atoms with Crippen LogP contribution in [0.1, 0.15) is 54.5 Å². The maximum absolute atomic E-state index is 11.4. The van der Waals surface area contributed by atoms with E-state index < -0.39 is 17.3 Å². The van der Waals surface area contributed by atoms with Crippen molar-refractivity contribution in [2.24, 2.45) is 11.5 Å². The number of carboxylic acids is 1. The van der Waals surface area contributed by atoms with Crippen LogP contribution in [-0.2, 0) is 17.0 Å². The number of aromatic nitrogens is 1. The Labute approximate surface area is 181 Å². The molecule has 3 rings (SSSR count). The van der Waals surface area contributed by atoms with E-state index in [0.717, 1.165) is 28.7 Å². The maximum atomic E-state index is 11.4. The van der Waals surface area contributed by atoms with Crippen molar-refractivity contribution in [2.75, 3.05) is 13.2 Å². The third-order valence-electron chi connectivity index (χ3n) is 5.45. The summed E-state index contributed by atoms with van der Waals surface area (Å²) in [6.45, 7) is 2.60. The molecule has 0 aliphatic heterocycles. The molecule has 0 spiro atoms. The van der Waals surface area contributed by atoms with Gasteiger partial charge in [-0.3, -0.25) is 4.79 Å². The summed E-state index contributed by atoms with van der Waals surface area (Å²) in [5.74, 6) is 2.55. The van der Waals surface area contributed by atoms with Crippen LogP contribution in [0.5, 0.6) is 5.75 Å². The number of aryl methyl sites for hydroxylation is 1. The van der Waals surface area contributed by atoms with Crippen LogP contribution in [0.4, 0.5) is 0 Å². The number of benzene rings is 1. The fourth-order valence-corrected chi connectivity index (χ4v) is 4.76. The maximum Gasteiger partial charge on any atom is 0.318 e. The second kappa shape index (κ2) is 10.8. The Bertz CT molecular complexity index is 836. The van der Waals surface area contributed by atoms with Crippen LogP contribution >= 0.6 is 11.8 Å². The predicted molar refractivity (Wildman–Crippen MR) is 118 cm³/mol. The molecule has 1 aliphatic rings. The van der Waals surface area contributed by atoms with Crippen molar-refractivity contribution in [3.05, 3.63) is 47.2 Å². The van der Waals surface area contributed by atoms with Crippen LogP contribution < -0.4 is 16.2 Å². The molecule has 2 atom stereocenters. The zero-order valence-electron chi connectivity index (χ0n) is 17.4. The lowest BCUT2D eigenvalue weighted by molar-refractivity contribution is -0.136. The molecule has 1 saturated carbocycles. The monoisotopic (exact) mass is 433 g/mol. The quantitative estimate of drug-likeness (QED) is 0.493. The van der Waals surface area contributed by atoms with Gasteiger partial charge in [0.1, 0.15) is 16.8 Å². The number of ether oxygens (including phenoxy) is 1. The van der Waals surface area contributed by atoms with E-state index in [2.05, 4.69) is 0 Å². The van der Waals surface area contributed by atoms with E-state index in [1.54, 1.807) is 0 Å². The first-order valence-electron chi connectivity index (χ1n) is 10.5. The van der Waals surface area contributed by atoms with Gasteiger partial charge in [0, 0.05) is 30.7 Å². The highest BCUT2D eigenvalue weighted by molar-refractivity contribution is 7.99. The van der Waals surface area contributed by atoms with Crippen molar-refractivity contribution >= 4 is 17.7 Å². The molecule has 1 aromatic heterocycles. The molecule has 0 saturated heterocycles. The van der Waals surface area contributed by atoms with E-state index in [1.807, 2.05) is 31.2 Å². The number of hydrogen-bond donors (Lipinski definition) is 3. The fourth-order valence-electron chi connectivity index (χ4n) is 3.71. The first-order chi connectivity index (χ1) is 14.5. The number of nitrogens with zero attached hydrogens (tertiary/aromatic N) is 1. The molecule has 2 aromatic rings. The normalized spacial score (nSPS) is 16.5. The van der Waals surface area contributed by atoms with Gasteiger partial charge in [-0.2, -0.15) is 0 Å². The zero-order chi connectivity index (χ0) is 21.5. The van der Waals surface area contributed by atoms with Gasteiger partial charge >= 0.3 is 5.97 Å². The summed E-state index contributed by atoms with van der Waals surface area (Å²) in [7, 11) is 0. The minimum absolute atomic E-state index is 0.136. The fraction of sp³-hybridized carbons (Fsp3) is 0.545. The molecule has 0 amide bonds. The third kappa shape index (κ3) is 6.00. The van der Waals surface area contributed by atoms with Crippen LogP contribution in [0.2, 0.25) is 0 Å². The molecule has 1 aliphatic carbocycles. The second-order valence-electron chi connectivity index (χ2n) is 7.75. The van der Waals surface area contributed by atoms with Crippen molar-refractivity contribution in [1.29, 1.82) is 0 Å². The smallest absolute Gasteiger partial charge is 0.318 e. The number of nitrogens with two attached hydrogens (primary N) is 2. The highest BCUT2D eigenvalue weighted by Crippen LogP contribution is 2.34. The van der Waals surface area contributed by atoms with Crippen molar-refractivity contribution < 1.29 is 19.1 Å². The van der Waals surface area contributed by atoms with E-state index in [4.69, 9.17) is 25.6 Å². The molecule has 8 heteroatoms. The van der Waals surface area contributed by atoms with Gasteiger partial charge in [-0.25, -0.2) is 4.98 Å². The molecule has 7 nitrogen and oxygen atoms in total. The van der Waals surface area contributed by atoms with Crippen LogP contribution in [-0.4, -0.2) is 40.5 Å². The lowest BCUT2D eigenvalue weighted by Gasteiger charge is -2.18. The van der Waals surface area contributed by atoms with Gasteiger partial charge in [0.15, 0.2) is 5.89 Å². The van der Waals surface area contributed by atoms with Crippen molar-refractivity contribution in [3.63, 3.8) is 0 Å². The van der Waals surface area contributed by atoms with Crippen LogP contribution in [0.15, 0.2) is 28.7 Å². The summed E-state index contributed by atoms with van der Waals surface area (Å²) in [5.41, 5.74) is 13.3. The van der Waals surface area contributed by atoms with Crippen molar-refractivity contribution in [2.45, 2.75) is 62.0 Å². The van der Waals surface area contributed by atoms with Gasteiger partial charge in [0.2, 0.25) is 0 Å². The number of thioether (sulfide) groups is 1. The Morgan fingerprint density at radius 3 is 2.87 bits per heavy atom. The summed E-state index contributed by atoms with van der Waals surface area (Å²) in [6.07, 6.45) is 5.53. The molecule has 0 radical (unpaired) electrons. The van der Waals surface area contributed by atoms with Crippen molar-refractivity contribution in [3.8, 4) is 5.75 Å². The molecular formula is C22H31N3O4S.